The number of aliphatic hydroxyl groups is 1. The molecule has 1 rings (SSSR count). The monoisotopic (exact) mass is 257 g/mol. The molecule has 1 aromatic carbocycles. The van der Waals surface area contributed by atoms with Crippen molar-refractivity contribution in [1.82, 2.24) is 0 Å². The van der Waals surface area contributed by atoms with Crippen LogP contribution in [0, 0.1) is 0 Å². The molecular weight excluding hydrogens is 242 g/mol. The van der Waals surface area contributed by atoms with E-state index in [1.807, 2.05) is 0 Å². The molecule has 0 bridgehead atoms. The van der Waals surface area contributed by atoms with Gasteiger partial charge < -0.3 is 10.8 Å². The number of primary amides is 1. The minimum atomic E-state index is -3.73. The average molecular weight is 257 g/mol. The van der Waals surface area contributed by atoms with Gasteiger partial charge in [0.05, 0.1) is 10.5 Å². The number of benzene rings is 1. The van der Waals surface area contributed by atoms with Gasteiger partial charge in [0.1, 0.15) is 5.75 Å². The summed E-state index contributed by atoms with van der Waals surface area (Å²) in [7, 11) is -3.73. The highest BCUT2D eigenvalue weighted by Gasteiger charge is 2.21. The third kappa shape index (κ3) is 3.54. The van der Waals surface area contributed by atoms with E-state index >= 15 is 0 Å². The van der Waals surface area contributed by atoms with Crippen LogP contribution in [-0.4, -0.2) is 25.2 Å². The maximum Gasteiger partial charge on any atom is 0.233 e. The van der Waals surface area contributed by atoms with Crippen LogP contribution in [0.4, 0.5) is 0 Å². The third-order valence-corrected chi connectivity index (χ3v) is 3.87. The molecule has 1 aromatic rings. The van der Waals surface area contributed by atoms with Crippen molar-refractivity contribution in [2.45, 2.75) is 24.3 Å². The molecule has 0 fully saturated rings. The maximum absolute atomic E-state index is 11.7. The number of amides is 1. The Morgan fingerprint density at radius 3 is 2.47 bits per heavy atom. The Morgan fingerprint density at radius 2 is 2.00 bits per heavy atom. The number of carbonyl (C=O) groups is 1. The van der Waals surface area contributed by atoms with Crippen molar-refractivity contribution in [3.63, 3.8) is 0 Å². The topological polar surface area (TPSA) is 97.5 Å². The number of hydrogen-bond donors (Lipinski definition) is 2. The van der Waals surface area contributed by atoms with Crippen LogP contribution >= 0.6 is 0 Å². The Hall–Kier alpha value is -1.40. The first-order valence-electron chi connectivity index (χ1n) is 4.97. The smallest absolute Gasteiger partial charge is 0.233 e. The van der Waals surface area contributed by atoms with E-state index in [-0.39, 0.29) is 4.90 Å². The molecule has 0 unspecified atom stereocenters. The van der Waals surface area contributed by atoms with Crippen molar-refractivity contribution >= 4 is 15.7 Å². The fourth-order valence-corrected chi connectivity index (χ4v) is 2.47. The quantitative estimate of drug-likeness (QED) is 0.803. The normalized spacial score (nSPS) is 12.4. The Balaban J connectivity index is 3.21. The molecule has 0 heterocycles. The van der Waals surface area contributed by atoms with Crippen LogP contribution in [0.3, 0.4) is 0 Å². The lowest BCUT2D eigenvalue weighted by molar-refractivity contribution is -0.115. The van der Waals surface area contributed by atoms with Crippen molar-refractivity contribution in [3.05, 3.63) is 29.8 Å². The lowest BCUT2D eigenvalue weighted by Gasteiger charge is -2.18. The van der Waals surface area contributed by atoms with Gasteiger partial charge in [0.2, 0.25) is 5.91 Å². The zero-order valence-electron chi connectivity index (χ0n) is 9.67. The van der Waals surface area contributed by atoms with Gasteiger partial charge in [-0.05, 0) is 31.5 Å². The molecule has 0 saturated heterocycles. The van der Waals surface area contributed by atoms with E-state index in [2.05, 4.69) is 0 Å². The summed E-state index contributed by atoms with van der Waals surface area (Å²) in [5.74, 6) is -1.64. The van der Waals surface area contributed by atoms with Crippen LogP contribution < -0.4 is 5.73 Å². The van der Waals surface area contributed by atoms with Gasteiger partial charge in [0.25, 0.3) is 0 Å². The summed E-state index contributed by atoms with van der Waals surface area (Å²) in [6, 6.07) is 5.84. The van der Waals surface area contributed by atoms with Crippen molar-refractivity contribution in [2.24, 2.45) is 5.73 Å². The van der Waals surface area contributed by atoms with E-state index in [0.29, 0.717) is 5.56 Å². The summed E-state index contributed by atoms with van der Waals surface area (Å²) in [4.78, 5) is 10.6. The molecule has 0 radical (unpaired) electrons. The predicted octanol–water partition coefficient (Wildman–Crippen LogP) is 0.173. The first-order valence-corrected chi connectivity index (χ1v) is 6.62. The van der Waals surface area contributed by atoms with E-state index in [0.717, 1.165) is 0 Å². The number of sulfone groups is 1. The molecule has 0 spiro atoms. The van der Waals surface area contributed by atoms with Crippen LogP contribution in [0.1, 0.15) is 19.4 Å². The van der Waals surface area contributed by atoms with E-state index in [1.54, 1.807) is 19.9 Å². The maximum atomic E-state index is 11.7. The largest absolute Gasteiger partial charge is 0.386 e. The van der Waals surface area contributed by atoms with Gasteiger partial charge in [0, 0.05) is 0 Å². The van der Waals surface area contributed by atoms with Gasteiger partial charge in [-0.15, -0.1) is 0 Å². The van der Waals surface area contributed by atoms with E-state index in [4.69, 9.17) is 5.73 Å². The van der Waals surface area contributed by atoms with E-state index < -0.39 is 27.1 Å². The standard InChI is InChI=1S/C11H15NO4S/c1-11(2,14)8-4-3-5-9(6-8)17(15,16)7-10(12)13/h3-6,14H,7H2,1-2H3,(H2,12,13). The molecule has 3 N–H and O–H groups in total. The SMILES string of the molecule is CC(C)(O)c1cccc(S(=O)(=O)CC(N)=O)c1. The van der Waals surface area contributed by atoms with Crippen molar-refractivity contribution in [1.29, 1.82) is 0 Å². The summed E-state index contributed by atoms with van der Waals surface area (Å²) in [5.41, 5.74) is 4.19. The van der Waals surface area contributed by atoms with Crippen molar-refractivity contribution < 1.29 is 18.3 Å². The molecule has 0 atom stereocenters. The summed E-state index contributed by atoms with van der Waals surface area (Å²) in [6.45, 7) is 3.10. The number of rotatable bonds is 4. The van der Waals surface area contributed by atoms with Gasteiger partial charge in [-0.25, -0.2) is 8.42 Å². The number of nitrogens with two attached hydrogens (primary N) is 1. The van der Waals surface area contributed by atoms with Crippen LogP contribution in [0.5, 0.6) is 0 Å². The van der Waals surface area contributed by atoms with E-state index in [9.17, 15) is 18.3 Å². The Morgan fingerprint density at radius 1 is 1.41 bits per heavy atom. The van der Waals surface area contributed by atoms with Crippen LogP contribution in [0.25, 0.3) is 0 Å². The van der Waals surface area contributed by atoms with Crippen LogP contribution in [-0.2, 0) is 20.2 Å². The second-order valence-electron chi connectivity index (χ2n) is 4.31. The molecule has 0 saturated carbocycles. The van der Waals surface area contributed by atoms with Crippen LogP contribution in [0.15, 0.2) is 29.2 Å². The summed E-state index contributed by atoms with van der Waals surface area (Å²) in [5, 5.41) is 9.77. The fraction of sp³-hybridized carbons (Fsp3) is 0.364. The first kappa shape index (κ1) is 13.7. The Labute approximate surface area is 100 Å². The molecule has 94 valence electrons. The molecule has 0 aromatic heterocycles. The number of carbonyl (C=O) groups excluding carboxylic acids is 1. The second kappa shape index (κ2) is 4.46. The average Bonchev–Trinajstić information content (AvgIpc) is 2.14. The summed E-state index contributed by atoms with van der Waals surface area (Å²) in [6.07, 6.45) is 0. The zero-order chi connectivity index (χ0) is 13.3. The lowest BCUT2D eigenvalue weighted by Crippen LogP contribution is -2.23. The highest BCUT2D eigenvalue weighted by Crippen LogP contribution is 2.22. The minimum absolute atomic E-state index is 0.0177. The van der Waals surface area contributed by atoms with Crippen molar-refractivity contribution in [3.8, 4) is 0 Å². The molecule has 6 heteroatoms. The second-order valence-corrected chi connectivity index (χ2v) is 6.30. The molecule has 0 aliphatic heterocycles. The zero-order valence-corrected chi connectivity index (χ0v) is 10.5. The van der Waals surface area contributed by atoms with Gasteiger partial charge in [-0.3, -0.25) is 4.79 Å². The van der Waals surface area contributed by atoms with Crippen LogP contribution in [0.2, 0.25) is 0 Å². The summed E-state index contributed by atoms with van der Waals surface area (Å²) >= 11 is 0. The van der Waals surface area contributed by atoms with E-state index in [1.165, 1.54) is 18.2 Å². The lowest BCUT2D eigenvalue weighted by atomic mass is 9.99. The predicted molar refractivity (Wildman–Crippen MR) is 62.9 cm³/mol. The third-order valence-electron chi connectivity index (χ3n) is 2.23. The molecule has 0 aliphatic rings. The van der Waals surface area contributed by atoms with Gasteiger partial charge in [-0.1, -0.05) is 12.1 Å². The van der Waals surface area contributed by atoms with Gasteiger partial charge >= 0.3 is 0 Å². The summed E-state index contributed by atoms with van der Waals surface area (Å²) < 4.78 is 23.5. The molecule has 0 aliphatic carbocycles. The van der Waals surface area contributed by atoms with Gasteiger partial charge in [-0.2, -0.15) is 0 Å². The van der Waals surface area contributed by atoms with Gasteiger partial charge in [0.15, 0.2) is 9.84 Å². The molecule has 17 heavy (non-hydrogen) atoms. The Kier molecular flexibility index (Phi) is 3.59. The Bertz CT molecular complexity index is 529. The highest BCUT2D eigenvalue weighted by molar-refractivity contribution is 7.92. The highest BCUT2D eigenvalue weighted by atomic mass is 32.2. The molecule has 1 amide bonds. The minimum Gasteiger partial charge on any atom is -0.386 e. The fourth-order valence-electron chi connectivity index (χ4n) is 1.34. The van der Waals surface area contributed by atoms with Crippen molar-refractivity contribution in [2.75, 3.05) is 5.75 Å². The molecular formula is C11H15NO4S. The molecule has 5 nitrogen and oxygen atoms in total. The first-order chi connectivity index (χ1) is 7.63. The number of hydrogen-bond acceptors (Lipinski definition) is 4.